The number of likely N-dealkylation sites (N-methyl/N-ethyl adjacent to an activating group) is 1. The Labute approximate surface area is 278 Å². The lowest BCUT2D eigenvalue weighted by Crippen LogP contribution is -2.48. The Morgan fingerprint density at radius 3 is 2.53 bits per heavy atom. The van der Waals surface area contributed by atoms with Gasteiger partial charge in [-0.1, -0.05) is 12.2 Å². The number of likely N-dealkylation sites (tertiary alicyclic amines) is 1. The molecule has 0 bridgehead atoms. The number of hydrogen-bond donors (Lipinski definition) is 5. The predicted octanol–water partition coefficient (Wildman–Crippen LogP) is 3.14. The van der Waals surface area contributed by atoms with E-state index >= 15 is 0 Å². The molecule has 0 radical (unpaired) electrons. The zero-order valence-electron chi connectivity index (χ0n) is 28.3. The Balaban J connectivity index is 1.36. The number of allylic oxidation sites excluding steroid dienone is 6. The number of carbonyl (C=O) groups excluding carboxylic acids is 1. The highest BCUT2D eigenvalue weighted by Gasteiger charge is 2.45. The number of amides is 1. The zero-order chi connectivity index (χ0) is 33.6. The van der Waals surface area contributed by atoms with Gasteiger partial charge in [0.1, 0.15) is 5.84 Å². The average Bonchev–Trinajstić information content (AvgIpc) is 3.09. The Kier molecular flexibility index (Phi) is 11.7. The smallest absolute Gasteiger partial charge is 0.248 e. The third-order valence-corrected chi connectivity index (χ3v) is 10.5. The van der Waals surface area contributed by atoms with Crippen LogP contribution in [-0.2, 0) is 4.79 Å². The van der Waals surface area contributed by atoms with E-state index < -0.39 is 11.8 Å². The lowest BCUT2D eigenvalue weighted by molar-refractivity contribution is -0.117. The topological polar surface area (TPSA) is 125 Å². The molecule has 6 N–H and O–H groups in total. The van der Waals surface area contributed by atoms with Crippen LogP contribution in [0.15, 0.2) is 62.6 Å². The maximum Gasteiger partial charge on any atom is 0.248 e. The van der Waals surface area contributed by atoms with Gasteiger partial charge in [-0.25, -0.2) is 8.78 Å². The van der Waals surface area contributed by atoms with Crippen molar-refractivity contribution in [3.05, 3.63) is 57.6 Å². The summed E-state index contributed by atoms with van der Waals surface area (Å²) < 4.78 is 29.8. The molecule has 0 aromatic rings. The summed E-state index contributed by atoms with van der Waals surface area (Å²) in [7, 11) is 3.22. The minimum atomic E-state index is -2.64. The highest BCUT2D eigenvalue weighted by atomic mass is 19.3. The molecule has 2 aliphatic carbocycles. The van der Waals surface area contributed by atoms with Crippen LogP contribution >= 0.6 is 0 Å². The third kappa shape index (κ3) is 7.87. The fourth-order valence-corrected chi connectivity index (χ4v) is 7.57. The highest BCUT2D eigenvalue weighted by molar-refractivity contribution is 6.02. The summed E-state index contributed by atoms with van der Waals surface area (Å²) >= 11 is 0. The van der Waals surface area contributed by atoms with E-state index in [2.05, 4.69) is 30.7 Å². The van der Waals surface area contributed by atoms with Crippen molar-refractivity contribution in [2.75, 3.05) is 73.0 Å². The zero-order valence-corrected chi connectivity index (χ0v) is 28.3. The summed E-state index contributed by atoms with van der Waals surface area (Å²) in [6.45, 7) is 10.7. The predicted molar refractivity (Wildman–Crippen MR) is 185 cm³/mol. The number of nitrogens with zero attached hydrogens (tertiary/aromatic N) is 4. The second-order valence-electron chi connectivity index (χ2n) is 13.5. The normalized spacial score (nSPS) is 25.7. The third-order valence-electron chi connectivity index (χ3n) is 10.5. The van der Waals surface area contributed by atoms with Crippen LogP contribution in [-0.4, -0.2) is 118 Å². The number of piperidine rings is 1. The molecule has 2 fully saturated rings. The summed E-state index contributed by atoms with van der Waals surface area (Å²) in [6, 6.07) is 0.276. The molecule has 5 rings (SSSR count). The van der Waals surface area contributed by atoms with E-state index in [4.69, 9.17) is 5.73 Å². The van der Waals surface area contributed by atoms with Gasteiger partial charge in [0.2, 0.25) is 12.3 Å². The first kappa shape index (κ1) is 35.0. The lowest BCUT2D eigenvalue weighted by Gasteiger charge is -2.44. The van der Waals surface area contributed by atoms with Crippen LogP contribution in [0.5, 0.6) is 0 Å². The molecule has 5 aliphatic rings. The summed E-state index contributed by atoms with van der Waals surface area (Å²) in [4.78, 5) is 23.8. The molecule has 47 heavy (non-hydrogen) atoms. The van der Waals surface area contributed by atoms with Crippen LogP contribution in [0.1, 0.15) is 51.9 Å². The van der Waals surface area contributed by atoms with Gasteiger partial charge in [0, 0.05) is 139 Å². The standard InChI is InChI=1S/C35H53F2N9O/c1-35(34(36)37)21-31-24(20-29(35)26(22-38)23-40-2)5-4-12-46(31)32(39)28-19-25(33(47)41-3)6-7-30(28)43-27-8-13-44(14-9-27)17-18-45-15-10-42-11-16-45/h6,20,22-23,27,34,39,42-43H,4-5,7-19,21,38H2,1-3H3,(H,41,47). The van der Waals surface area contributed by atoms with Gasteiger partial charge in [0.25, 0.3) is 0 Å². The molecule has 0 spiro atoms. The maximum absolute atomic E-state index is 14.9. The van der Waals surface area contributed by atoms with Crippen LogP contribution in [0.25, 0.3) is 0 Å². The minimum absolute atomic E-state index is 0.0870. The van der Waals surface area contributed by atoms with Crippen LogP contribution in [0.4, 0.5) is 8.78 Å². The highest BCUT2D eigenvalue weighted by Crippen LogP contribution is 2.49. The molecule has 258 valence electrons. The monoisotopic (exact) mass is 653 g/mol. The Morgan fingerprint density at radius 1 is 1.19 bits per heavy atom. The van der Waals surface area contributed by atoms with Crippen molar-refractivity contribution in [2.45, 2.75) is 64.3 Å². The Bertz CT molecular complexity index is 1370. The fraction of sp³-hybridized carbons (Fsp3) is 0.629. The molecule has 0 aromatic heterocycles. The molecule has 1 amide bonds. The molecular weight excluding hydrogens is 600 g/mol. The first-order chi connectivity index (χ1) is 22.7. The number of carbonyl (C=O) groups is 1. The largest absolute Gasteiger partial charge is 0.404 e. The molecule has 0 saturated carbocycles. The summed E-state index contributed by atoms with van der Waals surface area (Å²) in [5.74, 6) is 0.140. The Morgan fingerprint density at radius 2 is 1.89 bits per heavy atom. The van der Waals surface area contributed by atoms with Crippen molar-refractivity contribution in [1.82, 2.24) is 30.7 Å². The summed E-state index contributed by atoms with van der Waals surface area (Å²) in [6.07, 6.45) is 8.55. The van der Waals surface area contributed by atoms with Gasteiger partial charge < -0.3 is 31.5 Å². The van der Waals surface area contributed by atoms with Crippen molar-refractivity contribution in [1.29, 1.82) is 5.41 Å². The molecule has 2 saturated heterocycles. The van der Waals surface area contributed by atoms with Gasteiger partial charge in [-0.2, -0.15) is 0 Å². The molecule has 10 nitrogen and oxygen atoms in total. The number of nitrogens with two attached hydrogens (primary N) is 1. The summed E-state index contributed by atoms with van der Waals surface area (Å²) in [5.41, 5.74) is 9.46. The maximum atomic E-state index is 14.9. The van der Waals surface area contributed by atoms with Crippen LogP contribution in [0.3, 0.4) is 0 Å². The van der Waals surface area contributed by atoms with Gasteiger partial charge in [-0.15, -0.1) is 0 Å². The van der Waals surface area contributed by atoms with E-state index in [9.17, 15) is 19.0 Å². The first-order valence-corrected chi connectivity index (χ1v) is 17.2. The summed E-state index contributed by atoms with van der Waals surface area (Å²) in [5, 5.41) is 19.5. The molecule has 1 atom stereocenters. The molecule has 12 heteroatoms. The van der Waals surface area contributed by atoms with Crippen molar-refractivity contribution < 1.29 is 13.6 Å². The number of hydrogen-bond acceptors (Lipinski definition) is 8. The number of halogens is 2. The van der Waals surface area contributed by atoms with E-state index in [-0.39, 0.29) is 18.4 Å². The van der Waals surface area contributed by atoms with Crippen LogP contribution < -0.4 is 21.7 Å². The number of aliphatic imine (C=N–C) groups is 1. The quantitative estimate of drug-likeness (QED) is 0.181. The van der Waals surface area contributed by atoms with Crippen molar-refractivity contribution in [3.63, 3.8) is 0 Å². The van der Waals surface area contributed by atoms with Gasteiger partial charge in [-0.3, -0.25) is 20.1 Å². The van der Waals surface area contributed by atoms with Crippen LogP contribution in [0, 0.1) is 10.8 Å². The second kappa shape index (κ2) is 15.7. The molecule has 3 heterocycles. The second-order valence-corrected chi connectivity index (χ2v) is 13.5. The van der Waals surface area contributed by atoms with Gasteiger partial charge in [0.15, 0.2) is 0 Å². The first-order valence-electron chi connectivity index (χ1n) is 17.2. The van der Waals surface area contributed by atoms with Gasteiger partial charge in [0.05, 0.1) is 5.41 Å². The van der Waals surface area contributed by atoms with E-state index in [1.54, 1.807) is 21.0 Å². The van der Waals surface area contributed by atoms with Crippen LogP contribution in [0.2, 0.25) is 0 Å². The molecule has 3 aliphatic heterocycles. The molecular formula is C35H53F2N9O. The number of piperazine rings is 1. The Hall–Kier alpha value is -3.35. The van der Waals surface area contributed by atoms with E-state index in [1.807, 2.05) is 17.1 Å². The fourth-order valence-electron chi connectivity index (χ4n) is 7.57. The number of amidine groups is 1. The minimum Gasteiger partial charge on any atom is -0.404 e. The lowest BCUT2D eigenvalue weighted by atomic mass is 9.69. The number of alkyl halides is 2. The van der Waals surface area contributed by atoms with Crippen molar-refractivity contribution >= 4 is 18.0 Å². The van der Waals surface area contributed by atoms with E-state index in [0.717, 1.165) is 101 Å². The van der Waals surface area contributed by atoms with E-state index in [1.165, 1.54) is 12.4 Å². The molecule has 0 aromatic carbocycles. The average molecular weight is 654 g/mol. The van der Waals surface area contributed by atoms with Crippen molar-refractivity contribution in [3.8, 4) is 0 Å². The number of nitrogens with one attached hydrogen (secondary N) is 4. The molecule has 1 unspecified atom stereocenters. The SMILES string of the molecule is CN=CC(=CN)C1=CC2=C(CC1(C)C(F)F)N(C(=N)C1=C(NC3CCN(CCN4CCNCC4)CC3)CC=C(C(=O)NC)C1)CCC2. The van der Waals surface area contributed by atoms with E-state index in [0.29, 0.717) is 41.9 Å². The van der Waals surface area contributed by atoms with Gasteiger partial charge >= 0.3 is 0 Å². The van der Waals surface area contributed by atoms with Gasteiger partial charge in [-0.05, 0) is 43.8 Å². The number of rotatable bonds is 10. The van der Waals surface area contributed by atoms with Crippen molar-refractivity contribution in [2.24, 2.45) is 16.1 Å².